The Bertz CT molecular complexity index is 390. The first-order chi connectivity index (χ1) is 8.99. The Morgan fingerprint density at radius 2 is 1.95 bits per heavy atom. The van der Waals surface area contributed by atoms with Gasteiger partial charge in [-0.2, -0.15) is 0 Å². The number of methoxy groups -OCH3 is 1. The monoisotopic (exact) mass is 264 g/mol. The topological polar surface area (TPSA) is 38.5 Å². The molecule has 0 bridgehead atoms. The summed E-state index contributed by atoms with van der Waals surface area (Å²) in [6.45, 7) is 8.40. The molecule has 1 aromatic rings. The molecule has 0 aromatic heterocycles. The second kappa shape index (κ2) is 7.39. The number of hydrogen-bond acceptors (Lipinski definition) is 3. The summed E-state index contributed by atoms with van der Waals surface area (Å²) in [6.07, 6.45) is 1.05. The van der Waals surface area contributed by atoms with E-state index in [4.69, 9.17) is 10.5 Å². The zero-order valence-electron chi connectivity index (χ0n) is 12.9. The molecule has 0 spiro atoms. The second-order valence-electron chi connectivity index (χ2n) is 5.65. The first-order valence-electron chi connectivity index (χ1n) is 7.08. The molecular weight excluding hydrogens is 236 g/mol. The standard InChI is InChI=1S/C16H28N2O/c1-12(2)14-6-7-16(19-5)15(10-14)18(4)11-13(3)8-9-17/h6-7,10,12-13H,8-9,11,17H2,1-5H3. The van der Waals surface area contributed by atoms with Crippen LogP contribution in [0.5, 0.6) is 5.75 Å². The van der Waals surface area contributed by atoms with Gasteiger partial charge in [0.05, 0.1) is 12.8 Å². The van der Waals surface area contributed by atoms with E-state index in [0.29, 0.717) is 11.8 Å². The zero-order valence-corrected chi connectivity index (χ0v) is 12.9. The average Bonchev–Trinajstić information content (AvgIpc) is 2.37. The van der Waals surface area contributed by atoms with Crippen LogP contribution in [0.3, 0.4) is 0 Å². The molecule has 0 amide bonds. The van der Waals surface area contributed by atoms with Gasteiger partial charge in [-0.3, -0.25) is 0 Å². The van der Waals surface area contributed by atoms with Crippen molar-refractivity contribution < 1.29 is 4.74 Å². The Labute approximate surface area is 117 Å². The highest BCUT2D eigenvalue weighted by atomic mass is 16.5. The summed E-state index contributed by atoms with van der Waals surface area (Å²) in [5.41, 5.74) is 8.13. The van der Waals surface area contributed by atoms with Gasteiger partial charge in [0.2, 0.25) is 0 Å². The van der Waals surface area contributed by atoms with Crippen molar-refractivity contribution in [2.45, 2.75) is 33.1 Å². The molecule has 0 fully saturated rings. The molecule has 108 valence electrons. The normalized spacial score (nSPS) is 12.6. The van der Waals surface area contributed by atoms with E-state index in [1.54, 1.807) is 7.11 Å². The predicted octanol–water partition coefficient (Wildman–Crippen LogP) is 3.24. The predicted molar refractivity (Wildman–Crippen MR) is 83.2 cm³/mol. The first kappa shape index (κ1) is 15.8. The van der Waals surface area contributed by atoms with E-state index in [1.165, 1.54) is 5.56 Å². The molecule has 1 rings (SSSR count). The Morgan fingerprint density at radius 1 is 1.26 bits per heavy atom. The largest absolute Gasteiger partial charge is 0.495 e. The minimum Gasteiger partial charge on any atom is -0.495 e. The third kappa shape index (κ3) is 4.43. The fraction of sp³-hybridized carbons (Fsp3) is 0.625. The SMILES string of the molecule is COc1ccc(C(C)C)cc1N(C)CC(C)CCN. The third-order valence-electron chi connectivity index (χ3n) is 3.53. The number of hydrogen-bond donors (Lipinski definition) is 1. The third-order valence-corrected chi connectivity index (χ3v) is 3.53. The summed E-state index contributed by atoms with van der Waals surface area (Å²) in [7, 11) is 3.85. The fourth-order valence-corrected chi connectivity index (χ4v) is 2.31. The summed E-state index contributed by atoms with van der Waals surface area (Å²) < 4.78 is 5.48. The van der Waals surface area contributed by atoms with Crippen LogP contribution in [0.2, 0.25) is 0 Å². The van der Waals surface area contributed by atoms with Crippen LogP contribution in [0, 0.1) is 5.92 Å². The number of ether oxygens (including phenoxy) is 1. The van der Waals surface area contributed by atoms with Crippen LogP contribution in [0.1, 0.15) is 38.7 Å². The van der Waals surface area contributed by atoms with Gasteiger partial charge in [0.25, 0.3) is 0 Å². The summed E-state index contributed by atoms with van der Waals surface area (Å²) in [5.74, 6) is 2.05. The molecule has 0 saturated heterocycles. The number of benzene rings is 1. The van der Waals surface area contributed by atoms with Crippen molar-refractivity contribution >= 4 is 5.69 Å². The van der Waals surface area contributed by atoms with E-state index in [9.17, 15) is 0 Å². The lowest BCUT2D eigenvalue weighted by atomic mass is 10.0. The highest BCUT2D eigenvalue weighted by molar-refractivity contribution is 5.60. The smallest absolute Gasteiger partial charge is 0.142 e. The van der Waals surface area contributed by atoms with Crippen molar-refractivity contribution in [1.29, 1.82) is 0 Å². The lowest BCUT2D eigenvalue weighted by molar-refractivity contribution is 0.413. The molecule has 0 radical (unpaired) electrons. The van der Waals surface area contributed by atoms with E-state index in [-0.39, 0.29) is 0 Å². The quantitative estimate of drug-likeness (QED) is 0.821. The maximum Gasteiger partial charge on any atom is 0.142 e. The lowest BCUT2D eigenvalue weighted by Gasteiger charge is -2.26. The van der Waals surface area contributed by atoms with Crippen LogP contribution < -0.4 is 15.4 Å². The molecule has 2 N–H and O–H groups in total. The van der Waals surface area contributed by atoms with Crippen molar-refractivity contribution in [3.05, 3.63) is 23.8 Å². The molecule has 1 aromatic carbocycles. The number of nitrogens with two attached hydrogens (primary N) is 1. The molecule has 1 atom stereocenters. The molecule has 3 heteroatoms. The van der Waals surface area contributed by atoms with E-state index in [1.807, 2.05) is 0 Å². The Morgan fingerprint density at radius 3 is 2.47 bits per heavy atom. The Balaban J connectivity index is 2.92. The minimum absolute atomic E-state index is 0.527. The minimum atomic E-state index is 0.527. The molecule has 0 aliphatic carbocycles. The number of nitrogens with zero attached hydrogens (tertiary/aromatic N) is 1. The summed E-state index contributed by atoms with van der Waals surface area (Å²) >= 11 is 0. The van der Waals surface area contributed by atoms with Gasteiger partial charge in [-0.15, -0.1) is 0 Å². The van der Waals surface area contributed by atoms with Crippen LogP contribution in [0.4, 0.5) is 5.69 Å². The van der Waals surface area contributed by atoms with Gasteiger partial charge in [0.1, 0.15) is 5.75 Å². The van der Waals surface area contributed by atoms with E-state index >= 15 is 0 Å². The van der Waals surface area contributed by atoms with Crippen molar-refractivity contribution in [3.8, 4) is 5.75 Å². The second-order valence-corrected chi connectivity index (χ2v) is 5.65. The number of anilines is 1. The van der Waals surface area contributed by atoms with Gasteiger partial charge in [-0.1, -0.05) is 26.8 Å². The van der Waals surface area contributed by atoms with Crippen LogP contribution in [-0.4, -0.2) is 27.2 Å². The van der Waals surface area contributed by atoms with Crippen molar-refractivity contribution in [3.63, 3.8) is 0 Å². The fourth-order valence-electron chi connectivity index (χ4n) is 2.31. The van der Waals surface area contributed by atoms with Crippen molar-refractivity contribution in [2.75, 3.05) is 32.1 Å². The average molecular weight is 264 g/mol. The van der Waals surface area contributed by atoms with Gasteiger partial charge in [0.15, 0.2) is 0 Å². The van der Waals surface area contributed by atoms with Gasteiger partial charge >= 0.3 is 0 Å². The maximum absolute atomic E-state index is 5.62. The van der Waals surface area contributed by atoms with Gasteiger partial charge in [-0.25, -0.2) is 0 Å². The molecular formula is C16H28N2O. The maximum atomic E-state index is 5.62. The van der Waals surface area contributed by atoms with Gasteiger partial charge < -0.3 is 15.4 Å². The Kier molecular flexibility index (Phi) is 6.16. The highest BCUT2D eigenvalue weighted by Crippen LogP contribution is 2.31. The Hall–Kier alpha value is -1.22. The molecule has 0 aliphatic rings. The van der Waals surface area contributed by atoms with Gasteiger partial charge in [-0.05, 0) is 42.5 Å². The molecule has 3 nitrogen and oxygen atoms in total. The van der Waals surface area contributed by atoms with Crippen LogP contribution >= 0.6 is 0 Å². The first-order valence-corrected chi connectivity index (χ1v) is 7.08. The summed E-state index contributed by atoms with van der Waals surface area (Å²) in [6, 6.07) is 6.44. The molecule has 0 heterocycles. The van der Waals surface area contributed by atoms with Gasteiger partial charge in [0, 0.05) is 13.6 Å². The van der Waals surface area contributed by atoms with Crippen LogP contribution in [0.25, 0.3) is 0 Å². The molecule has 1 unspecified atom stereocenters. The van der Waals surface area contributed by atoms with Crippen LogP contribution in [-0.2, 0) is 0 Å². The molecule has 0 saturated carbocycles. The van der Waals surface area contributed by atoms with Crippen molar-refractivity contribution in [1.82, 2.24) is 0 Å². The zero-order chi connectivity index (χ0) is 14.4. The molecule has 19 heavy (non-hydrogen) atoms. The summed E-state index contributed by atoms with van der Waals surface area (Å²) in [5, 5.41) is 0. The van der Waals surface area contributed by atoms with E-state index < -0.39 is 0 Å². The molecule has 0 aliphatic heterocycles. The highest BCUT2D eigenvalue weighted by Gasteiger charge is 2.13. The lowest BCUT2D eigenvalue weighted by Crippen LogP contribution is -2.25. The van der Waals surface area contributed by atoms with E-state index in [0.717, 1.165) is 30.9 Å². The summed E-state index contributed by atoms with van der Waals surface area (Å²) in [4.78, 5) is 2.27. The number of rotatable bonds is 7. The van der Waals surface area contributed by atoms with E-state index in [2.05, 4.69) is 50.9 Å². The van der Waals surface area contributed by atoms with Crippen molar-refractivity contribution in [2.24, 2.45) is 11.7 Å². The van der Waals surface area contributed by atoms with Crippen LogP contribution in [0.15, 0.2) is 18.2 Å².